The van der Waals surface area contributed by atoms with E-state index < -0.39 is 5.41 Å². The van der Waals surface area contributed by atoms with Crippen molar-refractivity contribution in [3.63, 3.8) is 0 Å². The number of hydrogen-bond donors (Lipinski definition) is 0. The minimum atomic E-state index is -0.509. The van der Waals surface area contributed by atoms with Crippen molar-refractivity contribution in [1.29, 1.82) is 0 Å². The smallest absolute Gasteiger partial charge is 0.242 e. The summed E-state index contributed by atoms with van der Waals surface area (Å²) in [5.74, 6) is -0.0613. The first-order valence-electron chi connectivity index (χ1n) is 7.64. The normalized spacial score (nSPS) is 16.8. The second kappa shape index (κ2) is 7.53. The molecule has 1 aliphatic rings. The van der Waals surface area contributed by atoms with Gasteiger partial charge in [-0.15, -0.1) is 11.3 Å². The predicted molar refractivity (Wildman–Crippen MR) is 97.5 cm³/mol. The van der Waals surface area contributed by atoms with E-state index in [1.165, 1.54) is 22.7 Å². The van der Waals surface area contributed by atoms with Crippen LogP contribution in [0.1, 0.15) is 25.6 Å². The molecular weight excluding hydrogens is 344 g/mol. The molecule has 7 heteroatoms. The SMILES string of the molecule is CN(Cc1cccs1)C(=O)CN1C(=O)CS/C1=C\C(=O)C(C)(C)C. The topological polar surface area (TPSA) is 57.7 Å². The Morgan fingerprint density at radius 2 is 2.08 bits per heavy atom. The van der Waals surface area contributed by atoms with Crippen LogP contribution in [0.2, 0.25) is 0 Å². The average molecular weight is 367 g/mol. The molecule has 24 heavy (non-hydrogen) atoms. The number of nitrogens with zero attached hydrogens (tertiary/aromatic N) is 2. The van der Waals surface area contributed by atoms with E-state index in [0.29, 0.717) is 11.6 Å². The molecule has 0 unspecified atom stereocenters. The van der Waals surface area contributed by atoms with Gasteiger partial charge in [0.05, 0.1) is 17.3 Å². The van der Waals surface area contributed by atoms with Crippen LogP contribution in [-0.4, -0.2) is 46.7 Å². The van der Waals surface area contributed by atoms with Crippen molar-refractivity contribution in [3.8, 4) is 0 Å². The Morgan fingerprint density at radius 3 is 2.67 bits per heavy atom. The summed E-state index contributed by atoms with van der Waals surface area (Å²) in [5.41, 5.74) is -0.509. The minimum absolute atomic E-state index is 0.0308. The van der Waals surface area contributed by atoms with Crippen molar-refractivity contribution in [1.82, 2.24) is 9.80 Å². The van der Waals surface area contributed by atoms with Gasteiger partial charge in [0.25, 0.3) is 0 Å². The van der Waals surface area contributed by atoms with Crippen LogP contribution in [0, 0.1) is 5.41 Å². The lowest BCUT2D eigenvalue weighted by Gasteiger charge is -2.22. The number of thiophene rings is 1. The molecule has 0 aliphatic carbocycles. The Hall–Kier alpha value is -1.60. The molecular formula is C17H22N2O3S2. The Kier molecular flexibility index (Phi) is 5.87. The first kappa shape index (κ1) is 18.7. The molecule has 1 aliphatic heterocycles. The summed E-state index contributed by atoms with van der Waals surface area (Å²) in [6.45, 7) is 5.98. The molecule has 0 radical (unpaired) electrons. The van der Waals surface area contributed by atoms with Crippen LogP contribution < -0.4 is 0 Å². The van der Waals surface area contributed by atoms with E-state index in [-0.39, 0.29) is 29.9 Å². The predicted octanol–water partition coefficient (Wildman–Crippen LogP) is 2.74. The number of carbonyl (C=O) groups is 3. The van der Waals surface area contributed by atoms with Crippen molar-refractivity contribution in [3.05, 3.63) is 33.5 Å². The molecule has 0 bridgehead atoms. The summed E-state index contributed by atoms with van der Waals surface area (Å²) in [5, 5.41) is 2.53. The van der Waals surface area contributed by atoms with E-state index in [2.05, 4.69) is 0 Å². The van der Waals surface area contributed by atoms with E-state index in [9.17, 15) is 14.4 Å². The largest absolute Gasteiger partial charge is 0.339 e. The lowest BCUT2D eigenvalue weighted by atomic mass is 9.91. The number of allylic oxidation sites excluding steroid dienone is 1. The molecule has 1 saturated heterocycles. The highest BCUT2D eigenvalue weighted by Gasteiger charge is 2.31. The molecule has 0 N–H and O–H groups in total. The van der Waals surface area contributed by atoms with Crippen LogP contribution in [0.5, 0.6) is 0 Å². The van der Waals surface area contributed by atoms with Gasteiger partial charge in [0.15, 0.2) is 5.78 Å². The van der Waals surface area contributed by atoms with Crippen molar-refractivity contribution in [2.45, 2.75) is 27.3 Å². The van der Waals surface area contributed by atoms with Gasteiger partial charge in [0, 0.05) is 23.4 Å². The quantitative estimate of drug-likeness (QED) is 0.752. The fourth-order valence-corrected chi connectivity index (χ4v) is 3.71. The third-order valence-electron chi connectivity index (χ3n) is 3.60. The zero-order valence-corrected chi connectivity index (χ0v) is 16.0. The van der Waals surface area contributed by atoms with Gasteiger partial charge in [-0.25, -0.2) is 0 Å². The van der Waals surface area contributed by atoms with Gasteiger partial charge < -0.3 is 4.90 Å². The zero-order valence-electron chi connectivity index (χ0n) is 14.4. The summed E-state index contributed by atoms with van der Waals surface area (Å²) >= 11 is 2.90. The summed E-state index contributed by atoms with van der Waals surface area (Å²) in [7, 11) is 1.72. The van der Waals surface area contributed by atoms with Crippen molar-refractivity contribution in [2.24, 2.45) is 5.41 Å². The maximum Gasteiger partial charge on any atom is 0.242 e. The van der Waals surface area contributed by atoms with Crippen molar-refractivity contribution >= 4 is 40.7 Å². The lowest BCUT2D eigenvalue weighted by Crippen LogP contribution is -2.38. The first-order valence-corrected chi connectivity index (χ1v) is 9.50. The summed E-state index contributed by atoms with van der Waals surface area (Å²) in [6.07, 6.45) is 1.49. The van der Waals surface area contributed by atoms with Crippen LogP contribution in [0.25, 0.3) is 0 Å². The second-order valence-corrected chi connectivity index (χ2v) is 8.72. The van der Waals surface area contributed by atoms with Gasteiger partial charge in [0.1, 0.15) is 6.54 Å². The number of likely N-dealkylation sites (N-methyl/N-ethyl adjacent to an activating group) is 1. The number of hydrogen-bond acceptors (Lipinski definition) is 5. The molecule has 1 aromatic rings. The highest BCUT2D eigenvalue weighted by atomic mass is 32.2. The fourth-order valence-electron chi connectivity index (χ4n) is 2.01. The number of thioether (sulfide) groups is 1. The Morgan fingerprint density at radius 1 is 1.38 bits per heavy atom. The standard InChI is InChI=1S/C17H22N2O3S2/c1-17(2,3)13(20)8-16-19(15(22)11-24-16)10-14(21)18(4)9-12-6-5-7-23-12/h5-8H,9-11H2,1-4H3/b16-8-. The molecule has 130 valence electrons. The molecule has 0 saturated carbocycles. The molecule has 0 aromatic carbocycles. The first-order chi connectivity index (χ1) is 11.2. The molecule has 1 aromatic heterocycles. The highest BCUT2D eigenvalue weighted by Crippen LogP contribution is 2.30. The lowest BCUT2D eigenvalue weighted by molar-refractivity contribution is -0.136. The number of carbonyl (C=O) groups excluding carboxylic acids is 3. The third kappa shape index (κ3) is 4.70. The average Bonchev–Trinajstić information content (AvgIpc) is 3.10. The molecule has 2 rings (SSSR count). The van der Waals surface area contributed by atoms with Crippen LogP contribution in [-0.2, 0) is 20.9 Å². The van der Waals surface area contributed by atoms with Crippen LogP contribution in [0.3, 0.4) is 0 Å². The number of amides is 2. The van der Waals surface area contributed by atoms with E-state index in [1.807, 2.05) is 38.3 Å². The van der Waals surface area contributed by atoms with Crippen LogP contribution >= 0.6 is 23.1 Å². The minimum Gasteiger partial charge on any atom is -0.339 e. The summed E-state index contributed by atoms with van der Waals surface area (Å²) < 4.78 is 0. The molecule has 2 heterocycles. The summed E-state index contributed by atoms with van der Waals surface area (Å²) in [4.78, 5) is 40.8. The van der Waals surface area contributed by atoms with Gasteiger partial charge in [-0.3, -0.25) is 19.3 Å². The fraction of sp³-hybridized carbons (Fsp3) is 0.471. The van der Waals surface area contributed by atoms with E-state index >= 15 is 0 Å². The second-order valence-electron chi connectivity index (χ2n) is 6.69. The van der Waals surface area contributed by atoms with Gasteiger partial charge in [-0.2, -0.15) is 0 Å². The Balaban J connectivity index is 2.05. The summed E-state index contributed by atoms with van der Waals surface area (Å²) in [6, 6.07) is 3.91. The van der Waals surface area contributed by atoms with Crippen molar-refractivity contribution in [2.75, 3.05) is 19.3 Å². The Bertz CT molecular complexity index is 660. The van der Waals surface area contributed by atoms with Gasteiger partial charge >= 0.3 is 0 Å². The van der Waals surface area contributed by atoms with Crippen LogP contribution in [0.4, 0.5) is 0 Å². The van der Waals surface area contributed by atoms with E-state index in [0.717, 1.165) is 4.88 Å². The number of ketones is 1. The van der Waals surface area contributed by atoms with Gasteiger partial charge in [0.2, 0.25) is 11.8 Å². The molecule has 0 spiro atoms. The van der Waals surface area contributed by atoms with Gasteiger partial charge in [-0.05, 0) is 11.4 Å². The molecule has 2 amide bonds. The zero-order chi connectivity index (χ0) is 17.9. The van der Waals surface area contributed by atoms with Crippen LogP contribution in [0.15, 0.2) is 28.6 Å². The molecule has 0 atom stereocenters. The van der Waals surface area contributed by atoms with E-state index in [1.54, 1.807) is 23.3 Å². The maximum atomic E-state index is 12.4. The molecule has 5 nitrogen and oxygen atoms in total. The van der Waals surface area contributed by atoms with Gasteiger partial charge in [-0.1, -0.05) is 38.6 Å². The Labute approximate surface area is 150 Å². The monoisotopic (exact) mass is 366 g/mol. The maximum absolute atomic E-state index is 12.4. The third-order valence-corrected chi connectivity index (χ3v) is 5.48. The highest BCUT2D eigenvalue weighted by molar-refractivity contribution is 8.04. The van der Waals surface area contributed by atoms with Crippen molar-refractivity contribution < 1.29 is 14.4 Å². The number of rotatable bonds is 5. The molecule has 1 fully saturated rings. The van der Waals surface area contributed by atoms with E-state index in [4.69, 9.17) is 0 Å².